The number of hydrogen-bond acceptors (Lipinski definition) is 3. The fraction of sp³-hybridized carbons (Fsp3) is 0.154. The predicted octanol–water partition coefficient (Wildman–Crippen LogP) is 1.66. The van der Waals surface area contributed by atoms with E-state index in [1.165, 1.54) is 0 Å². The van der Waals surface area contributed by atoms with Gasteiger partial charge in [0, 0.05) is 18.1 Å². The fourth-order valence-corrected chi connectivity index (χ4v) is 1.64. The minimum absolute atomic E-state index is 0.205. The first-order valence-corrected chi connectivity index (χ1v) is 5.02. The molecule has 3 nitrogen and oxygen atoms in total. The van der Waals surface area contributed by atoms with E-state index in [2.05, 4.69) is 16.2 Å². The summed E-state index contributed by atoms with van der Waals surface area (Å²) in [5.41, 5.74) is 1.71. The lowest BCUT2D eigenvalue weighted by atomic mass is 10.1. The molecule has 0 spiro atoms. The monoisotopic (exact) mass is 212 g/mol. The number of fused-ring (bicyclic) bond motifs is 1. The highest BCUT2D eigenvalue weighted by Gasteiger charge is 2.04. The smallest absolute Gasteiger partial charge is 0.141 e. The molecule has 2 aromatic rings. The summed E-state index contributed by atoms with van der Waals surface area (Å²) in [5.74, 6) is 2.73. The summed E-state index contributed by atoms with van der Waals surface area (Å²) in [4.78, 5) is 4.15. The van der Waals surface area contributed by atoms with Gasteiger partial charge in [-0.3, -0.25) is 4.98 Å². The number of phenolic OH excluding ortho intramolecular Hbond substituents is 1. The summed E-state index contributed by atoms with van der Waals surface area (Å²) in [6, 6.07) is 7.33. The van der Waals surface area contributed by atoms with Crippen molar-refractivity contribution < 1.29 is 5.11 Å². The Labute approximate surface area is 94.1 Å². The molecule has 0 fully saturated rings. The maximum atomic E-state index is 9.65. The molecular weight excluding hydrogens is 200 g/mol. The van der Waals surface area contributed by atoms with E-state index in [-0.39, 0.29) is 5.75 Å². The van der Waals surface area contributed by atoms with Gasteiger partial charge < -0.3 is 10.4 Å². The highest BCUT2D eigenvalue weighted by Crippen LogP contribution is 2.25. The lowest BCUT2D eigenvalue weighted by molar-refractivity contribution is 0.480. The number of rotatable bonds is 3. The number of benzene rings is 1. The largest absolute Gasteiger partial charge is 0.506 e. The fourth-order valence-electron chi connectivity index (χ4n) is 1.64. The molecule has 0 bridgehead atoms. The Bertz CT molecular complexity index is 543. The van der Waals surface area contributed by atoms with Crippen LogP contribution >= 0.6 is 0 Å². The maximum Gasteiger partial charge on any atom is 0.141 e. The first kappa shape index (κ1) is 10.5. The quantitative estimate of drug-likeness (QED) is 0.601. The zero-order valence-electron chi connectivity index (χ0n) is 8.77. The van der Waals surface area contributed by atoms with Crippen LogP contribution in [0.15, 0.2) is 30.5 Å². The van der Waals surface area contributed by atoms with Crippen molar-refractivity contribution in [1.82, 2.24) is 10.3 Å². The van der Waals surface area contributed by atoms with Crippen molar-refractivity contribution in [2.75, 3.05) is 6.54 Å². The number of aromatic hydroxyl groups is 1. The minimum Gasteiger partial charge on any atom is -0.506 e. The van der Waals surface area contributed by atoms with Gasteiger partial charge in [0.15, 0.2) is 0 Å². The SMILES string of the molecule is C#CCNCc1ccc(O)c2ncccc12. The number of terminal acetylenes is 1. The van der Waals surface area contributed by atoms with Gasteiger partial charge >= 0.3 is 0 Å². The highest BCUT2D eigenvalue weighted by atomic mass is 16.3. The Balaban J connectivity index is 2.39. The Kier molecular flexibility index (Phi) is 3.04. The first-order chi connectivity index (χ1) is 7.83. The van der Waals surface area contributed by atoms with Crippen molar-refractivity contribution >= 4 is 10.9 Å². The van der Waals surface area contributed by atoms with Crippen molar-refractivity contribution in [3.63, 3.8) is 0 Å². The molecule has 0 saturated carbocycles. The molecule has 2 rings (SSSR count). The van der Waals surface area contributed by atoms with Gasteiger partial charge in [-0.1, -0.05) is 18.1 Å². The molecule has 0 aliphatic rings. The van der Waals surface area contributed by atoms with Crippen LogP contribution in [-0.4, -0.2) is 16.6 Å². The predicted molar refractivity (Wildman–Crippen MR) is 63.9 cm³/mol. The second-order valence-electron chi connectivity index (χ2n) is 3.45. The summed E-state index contributed by atoms with van der Waals surface area (Å²) >= 11 is 0. The normalized spacial score (nSPS) is 10.2. The summed E-state index contributed by atoms with van der Waals surface area (Å²) in [6.45, 7) is 1.20. The molecular formula is C13H12N2O. The van der Waals surface area contributed by atoms with Crippen molar-refractivity contribution in [2.45, 2.75) is 6.54 Å². The summed E-state index contributed by atoms with van der Waals surface area (Å²) in [6.07, 6.45) is 6.83. The third-order valence-electron chi connectivity index (χ3n) is 2.38. The average Bonchev–Trinajstić information content (AvgIpc) is 2.33. The maximum absolute atomic E-state index is 9.65. The van der Waals surface area contributed by atoms with Crippen LogP contribution in [-0.2, 0) is 6.54 Å². The third-order valence-corrected chi connectivity index (χ3v) is 2.38. The van der Waals surface area contributed by atoms with Crippen molar-refractivity contribution in [1.29, 1.82) is 0 Å². The van der Waals surface area contributed by atoms with Crippen LogP contribution in [0.25, 0.3) is 10.9 Å². The molecule has 2 N–H and O–H groups in total. The number of hydrogen-bond donors (Lipinski definition) is 2. The van der Waals surface area contributed by atoms with Crippen LogP contribution in [0.1, 0.15) is 5.56 Å². The highest BCUT2D eigenvalue weighted by molar-refractivity contribution is 5.87. The topological polar surface area (TPSA) is 45.1 Å². The summed E-state index contributed by atoms with van der Waals surface area (Å²) in [7, 11) is 0. The van der Waals surface area contributed by atoms with E-state index >= 15 is 0 Å². The molecule has 1 heterocycles. The van der Waals surface area contributed by atoms with Crippen molar-refractivity contribution in [2.24, 2.45) is 0 Å². The molecule has 0 aliphatic heterocycles. The van der Waals surface area contributed by atoms with E-state index < -0.39 is 0 Å². The number of phenols is 1. The summed E-state index contributed by atoms with van der Waals surface area (Å²) in [5, 5.41) is 13.7. The van der Waals surface area contributed by atoms with Gasteiger partial charge in [0.05, 0.1) is 6.54 Å². The Morgan fingerprint density at radius 2 is 2.25 bits per heavy atom. The number of nitrogens with one attached hydrogen (secondary N) is 1. The number of nitrogens with zero attached hydrogens (tertiary/aromatic N) is 1. The molecule has 0 atom stereocenters. The van der Waals surface area contributed by atoms with Crippen LogP contribution in [0.4, 0.5) is 0 Å². The molecule has 0 aliphatic carbocycles. The van der Waals surface area contributed by atoms with E-state index in [0.717, 1.165) is 10.9 Å². The van der Waals surface area contributed by atoms with E-state index in [9.17, 15) is 5.11 Å². The van der Waals surface area contributed by atoms with Crippen LogP contribution in [0.5, 0.6) is 5.75 Å². The first-order valence-electron chi connectivity index (χ1n) is 5.02. The Morgan fingerprint density at radius 3 is 3.06 bits per heavy atom. The zero-order chi connectivity index (χ0) is 11.4. The lowest BCUT2D eigenvalue weighted by Gasteiger charge is -2.07. The Morgan fingerprint density at radius 1 is 1.38 bits per heavy atom. The molecule has 3 heteroatoms. The second kappa shape index (κ2) is 4.65. The van der Waals surface area contributed by atoms with Gasteiger partial charge in [0.25, 0.3) is 0 Å². The lowest BCUT2D eigenvalue weighted by Crippen LogP contribution is -2.13. The molecule has 1 aromatic heterocycles. The van der Waals surface area contributed by atoms with Crippen molar-refractivity contribution in [3.8, 4) is 18.1 Å². The molecule has 80 valence electrons. The van der Waals surface area contributed by atoms with Crippen molar-refractivity contribution in [3.05, 3.63) is 36.0 Å². The van der Waals surface area contributed by atoms with Crippen LogP contribution in [0.2, 0.25) is 0 Å². The van der Waals surface area contributed by atoms with Gasteiger partial charge in [-0.15, -0.1) is 6.42 Å². The van der Waals surface area contributed by atoms with Gasteiger partial charge in [-0.05, 0) is 17.7 Å². The molecule has 0 unspecified atom stereocenters. The molecule has 16 heavy (non-hydrogen) atoms. The van der Waals surface area contributed by atoms with E-state index in [4.69, 9.17) is 6.42 Å². The molecule has 0 saturated heterocycles. The standard InChI is InChI=1S/C13H12N2O/c1-2-7-14-9-10-5-6-12(16)13-11(10)4-3-8-15-13/h1,3-6,8,14,16H,7,9H2. The zero-order valence-corrected chi connectivity index (χ0v) is 8.77. The van der Waals surface area contributed by atoms with Crippen LogP contribution in [0, 0.1) is 12.3 Å². The average molecular weight is 212 g/mol. The number of pyridine rings is 1. The molecule has 0 radical (unpaired) electrons. The van der Waals surface area contributed by atoms with Gasteiger partial charge in [0.2, 0.25) is 0 Å². The third kappa shape index (κ3) is 1.97. The minimum atomic E-state index is 0.205. The van der Waals surface area contributed by atoms with Crippen LogP contribution < -0.4 is 5.32 Å². The second-order valence-corrected chi connectivity index (χ2v) is 3.45. The number of aromatic nitrogens is 1. The van der Waals surface area contributed by atoms with E-state index in [1.54, 1.807) is 12.3 Å². The summed E-state index contributed by atoms with van der Waals surface area (Å²) < 4.78 is 0. The van der Waals surface area contributed by atoms with E-state index in [1.807, 2.05) is 18.2 Å². The molecule has 1 aromatic carbocycles. The van der Waals surface area contributed by atoms with E-state index in [0.29, 0.717) is 18.6 Å². The molecule has 0 amide bonds. The van der Waals surface area contributed by atoms with Crippen LogP contribution in [0.3, 0.4) is 0 Å². The van der Waals surface area contributed by atoms with Gasteiger partial charge in [-0.2, -0.15) is 0 Å². The van der Waals surface area contributed by atoms with Gasteiger partial charge in [-0.25, -0.2) is 0 Å². The Hall–Kier alpha value is -2.05. The van der Waals surface area contributed by atoms with Gasteiger partial charge in [0.1, 0.15) is 11.3 Å².